The Morgan fingerprint density at radius 1 is 1.47 bits per heavy atom. The summed E-state index contributed by atoms with van der Waals surface area (Å²) in [6, 6.07) is 6.71. The van der Waals surface area contributed by atoms with Crippen molar-refractivity contribution >= 4 is 0 Å². The lowest BCUT2D eigenvalue weighted by molar-refractivity contribution is 0.125. The largest absolute Gasteiger partial charge is 0.493 e. The number of nitrogens with two attached hydrogens (primary N) is 1. The van der Waals surface area contributed by atoms with Gasteiger partial charge in [-0.3, -0.25) is 4.90 Å². The molecule has 0 amide bonds. The third-order valence-corrected chi connectivity index (χ3v) is 3.75. The number of methoxy groups -OCH3 is 1. The molecule has 0 bridgehead atoms. The Hall–Kier alpha value is -1.10. The highest BCUT2D eigenvalue weighted by atomic mass is 16.5. The van der Waals surface area contributed by atoms with Crippen molar-refractivity contribution in [2.45, 2.75) is 19.4 Å². The summed E-state index contributed by atoms with van der Waals surface area (Å²) >= 11 is 0. The standard InChI is InChI=1S/C15H24N2O2/c1-3-17(7-9-18-2)14(11-16)12-4-5-15-13(10-12)6-8-19-15/h4-5,10,14H,3,6-9,11,16H2,1-2H3. The lowest BCUT2D eigenvalue weighted by Gasteiger charge is -2.30. The minimum Gasteiger partial charge on any atom is -0.493 e. The van der Waals surface area contributed by atoms with Crippen LogP contribution in [0.4, 0.5) is 0 Å². The summed E-state index contributed by atoms with van der Waals surface area (Å²) in [7, 11) is 1.73. The van der Waals surface area contributed by atoms with Gasteiger partial charge in [0.05, 0.1) is 13.2 Å². The van der Waals surface area contributed by atoms with Gasteiger partial charge in [-0.05, 0) is 23.7 Å². The quantitative estimate of drug-likeness (QED) is 0.812. The molecule has 0 radical (unpaired) electrons. The zero-order valence-corrected chi connectivity index (χ0v) is 11.9. The van der Waals surface area contributed by atoms with E-state index in [1.54, 1.807) is 7.11 Å². The highest BCUT2D eigenvalue weighted by molar-refractivity contribution is 5.40. The molecule has 19 heavy (non-hydrogen) atoms. The number of hydrogen-bond donors (Lipinski definition) is 1. The minimum atomic E-state index is 0.256. The van der Waals surface area contributed by atoms with Crippen LogP contribution in [-0.2, 0) is 11.2 Å². The number of hydrogen-bond acceptors (Lipinski definition) is 4. The van der Waals surface area contributed by atoms with Crippen LogP contribution in [0.3, 0.4) is 0 Å². The molecule has 0 aliphatic carbocycles. The van der Waals surface area contributed by atoms with Crippen LogP contribution in [0.25, 0.3) is 0 Å². The summed E-state index contributed by atoms with van der Waals surface area (Å²) in [5.74, 6) is 1.03. The lowest BCUT2D eigenvalue weighted by atomic mass is 10.0. The molecule has 1 aliphatic rings. The number of nitrogens with zero attached hydrogens (tertiary/aromatic N) is 1. The molecule has 2 rings (SSSR count). The van der Waals surface area contributed by atoms with E-state index >= 15 is 0 Å². The molecule has 1 atom stereocenters. The number of ether oxygens (including phenoxy) is 2. The van der Waals surface area contributed by atoms with Crippen LogP contribution in [0.5, 0.6) is 5.75 Å². The average molecular weight is 264 g/mol. The predicted molar refractivity (Wildman–Crippen MR) is 76.6 cm³/mol. The monoisotopic (exact) mass is 264 g/mol. The van der Waals surface area contributed by atoms with Crippen LogP contribution in [0.2, 0.25) is 0 Å². The molecular weight excluding hydrogens is 240 g/mol. The number of rotatable bonds is 7. The second-order valence-corrected chi connectivity index (χ2v) is 4.84. The molecule has 0 fully saturated rings. The van der Waals surface area contributed by atoms with E-state index < -0.39 is 0 Å². The zero-order valence-electron chi connectivity index (χ0n) is 11.9. The molecule has 106 valence electrons. The van der Waals surface area contributed by atoms with E-state index in [-0.39, 0.29) is 6.04 Å². The van der Waals surface area contributed by atoms with Gasteiger partial charge in [0.15, 0.2) is 0 Å². The first-order valence-electron chi connectivity index (χ1n) is 6.98. The molecule has 1 aromatic rings. The molecule has 0 spiro atoms. The summed E-state index contributed by atoms with van der Waals surface area (Å²) in [4.78, 5) is 2.36. The van der Waals surface area contributed by atoms with Crippen molar-refractivity contribution in [1.82, 2.24) is 4.90 Å². The van der Waals surface area contributed by atoms with Gasteiger partial charge in [0.25, 0.3) is 0 Å². The van der Waals surface area contributed by atoms with E-state index in [1.165, 1.54) is 11.1 Å². The fourth-order valence-corrected chi connectivity index (χ4v) is 2.65. The van der Waals surface area contributed by atoms with Gasteiger partial charge < -0.3 is 15.2 Å². The van der Waals surface area contributed by atoms with Crippen molar-refractivity contribution in [2.24, 2.45) is 5.73 Å². The molecule has 4 nitrogen and oxygen atoms in total. The van der Waals surface area contributed by atoms with Crippen LogP contribution >= 0.6 is 0 Å². The van der Waals surface area contributed by atoms with Gasteiger partial charge in [-0.2, -0.15) is 0 Å². The maximum atomic E-state index is 5.98. The van der Waals surface area contributed by atoms with Crippen molar-refractivity contribution in [1.29, 1.82) is 0 Å². The van der Waals surface area contributed by atoms with E-state index in [0.29, 0.717) is 6.54 Å². The molecule has 4 heteroatoms. The Morgan fingerprint density at radius 2 is 2.32 bits per heavy atom. The second kappa shape index (κ2) is 6.89. The molecule has 0 saturated carbocycles. The second-order valence-electron chi connectivity index (χ2n) is 4.84. The van der Waals surface area contributed by atoms with Gasteiger partial charge in [-0.1, -0.05) is 19.1 Å². The average Bonchev–Trinajstić information content (AvgIpc) is 2.90. The third kappa shape index (κ3) is 3.26. The van der Waals surface area contributed by atoms with E-state index in [0.717, 1.165) is 38.5 Å². The summed E-state index contributed by atoms with van der Waals surface area (Å²) in [6.45, 7) is 6.19. The van der Waals surface area contributed by atoms with Crippen LogP contribution in [0.1, 0.15) is 24.1 Å². The first-order valence-corrected chi connectivity index (χ1v) is 6.98. The Morgan fingerprint density at radius 3 is 3.00 bits per heavy atom. The van der Waals surface area contributed by atoms with Gasteiger partial charge in [-0.15, -0.1) is 0 Å². The Bertz CT molecular complexity index is 409. The Labute approximate surface area is 115 Å². The lowest BCUT2D eigenvalue weighted by Crippen LogP contribution is -2.36. The highest BCUT2D eigenvalue weighted by Gasteiger charge is 2.20. The van der Waals surface area contributed by atoms with E-state index in [1.807, 2.05) is 0 Å². The SMILES string of the molecule is CCN(CCOC)C(CN)c1ccc2c(c1)CCO2. The van der Waals surface area contributed by atoms with Crippen molar-refractivity contribution in [3.05, 3.63) is 29.3 Å². The van der Waals surface area contributed by atoms with E-state index in [2.05, 4.69) is 30.0 Å². The molecule has 0 aromatic heterocycles. The predicted octanol–water partition coefficient (Wildman–Crippen LogP) is 1.59. The van der Waals surface area contributed by atoms with Crippen LogP contribution in [0, 0.1) is 0 Å². The molecule has 1 unspecified atom stereocenters. The normalized spacial score (nSPS) is 15.4. The summed E-state index contributed by atoms with van der Waals surface area (Å²) < 4.78 is 10.7. The molecule has 2 N–H and O–H groups in total. The molecule has 1 aromatic carbocycles. The Balaban J connectivity index is 2.15. The topological polar surface area (TPSA) is 47.7 Å². The summed E-state index contributed by atoms with van der Waals surface area (Å²) in [5.41, 5.74) is 8.57. The summed E-state index contributed by atoms with van der Waals surface area (Å²) in [5, 5.41) is 0. The number of fused-ring (bicyclic) bond motifs is 1. The van der Waals surface area contributed by atoms with E-state index in [9.17, 15) is 0 Å². The van der Waals surface area contributed by atoms with Gasteiger partial charge in [0.1, 0.15) is 5.75 Å². The maximum Gasteiger partial charge on any atom is 0.122 e. The fraction of sp³-hybridized carbons (Fsp3) is 0.600. The molecular formula is C15H24N2O2. The van der Waals surface area contributed by atoms with Gasteiger partial charge in [0, 0.05) is 32.7 Å². The number of likely N-dealkylation sites (N-methyl/N-ethyl adjacent to an activating group) is 1. The van der Waals surface area contributed by atoms with Crippen molar-refractivity contribution in [3.8, 4) is 5.75 Å². The molecule has 1 heterocycles. The van der Waals surface area contributed by atoms with Gasteiger partial charge >= 0.3 is 0 Å². The smallest absolute Gasteiger partial charge is 0.122 e. The molecule has 0 saturated heterocycles. The van der Waals surface area contributed by atoms with Crippen molar-refractivity contribution in [2.75, 3.05) is 40.0 Å². The van der Waals surface area contributed by atoms with Crippen LogP contribution in [-0.4, -0.2) is 44.9 Å². The van der Waals surface area contributed by atoms with Crippen LogP contribution < -0.4 is 10.5 Å². The van der Waals surface area contributed by atoms with Crippen molar-refractivity contribution < 1.29 is 9.47 Å². The highest BCUT2D eigenvalue weighted by Crippen LogP contribution is 2.29. The first-order chi connectivity index (χ1) is 9.30. The van der Waals surface area contributed by atoms with Gasteiger partial charge in [0.2, 0.25) is 0 Å². The number of benzene rings is 1. The third-order valence-electron chi connectivity index (χ3n) is 3.75. The minimum absolute atomic E-state index is 0.256. The maximum absolute atomic E-state index is 5.98. The van der Waals surface area contributed by atoms with Crippen LogP contribution in [0.15, 0.2) is 18.2 Å². The first kappa shape index (κ1) is 14.3. The Kier molecular flexibility index (Phi) is 5.19. The van der Waals surface area contributed by atoms with E-state index in [4.69, 9.17) is 15.2 Å². The summed E-state index contributed by atoms with van der Waals surface area (Å²) in [6.07, 6.45) is 1.00. The zero-order chi connectivity index (χ0) is 13.7. The fourth-order valence-electron chi connectivity index (χ4n) is 2.65. The van der Waals surface area contributed by atoms with Crippen molar-refractivity contribution in [3.63, 3.8) is 0 Å². The van der Waals surface area contributed by atoms with Gasteiger partial charge in [-0.25, -0.2) is 0 Å². The molecule has 1 aliphatic heterocycles.